The summed E-state index contributed by atoms with van der Waals surface area (Å²) in [7, 11) is 0. The van der Waals surface area contributed by atoms with E-state index in [-0.39, 0.29) is 0 Å². The first-order chi connectivity index (χ1) is 7.70. The standard InChI is InChI=1S/C11H12Cl2N2S/c1-2-7-6-14-11(16-7)15-9-5-3-4-8(12)10(9)13/h3-5,7H,2,6H2,1H3,(H,14,15). The van der Waals surface area contributed by atoms with Gasteiger partial charge in [-0.05, 0) is 18.6 Å². The maximum atomic E-state index is 6.08. The number of anilines is 1. The van der Waals surface area contributed by atoms with Gasteiger partial charge in [0.15, 0.2) is 5.17 Å². The quantitative estimate of drug-likeness (QED) is 0.870. The minimum atomic E-state index is 0.549. The Hall–Kier alpha value is -0.380. The minimum Gasteiger partial charge on any atom is -0.334 e. The monoisotopic (exact) mass is 274 g/mol. The third-order valence-electron chi connectivity index (χ3n) is 2.37. The van der Waals surface area contributed by atoms with Crippen LogP contribution >= 0.6 is 35.0 Å². The van der Waals surface area contributed by atoms with Gasteiger partial charge < -0.3 is 5.32 Å². The number of nitrogens with zero attached hydrogens (tertiary/aromatic N) is 1. The van der Waals surface area contributed by atoms with Crippen LogP contribution in [0.25, 0.3) is 0 Å². The average Bonchev–Trinajstić information content (AvgIpc) is 2.73. The number of thioether (sulfide) groups is 1. The van der Waals surface area contributed by atoms with Gasteiger partial charge in [-0.15, -0.1) is 0 Å². The Balaban J connectivity index is 2.08. The molecule has 1 aromatic rings. The zero-order valence-corrected chi connectivity index (χ0v) is 11.2. The Kier molecular flexibility index (Phi) is 4.00. The lowest BCUT2D eigenvalue weighted by Gasteiger charge is -2.09. The number of rotatable bonds is 2. The molecule has 5 heteroatoms. The molecule has 16 heavy (non-hydrogen) atoms. The van der Waals surface area contributed by atoms with E-state index in [9.17, 15) is 0 Å². The van der Waals surface area contributed by atoms with Crippen molar-refractivity contribution in [1.29, 1.82) is 0 Å². The van der Waals surface area contributed by atoms with E-state index in [1.807, 2.05) is 12.1 Å². The van der Waals surface area contributed by atoms with Crippen LogP contribution in [-0.2, 0) is 0 Å². The van der Waals surface area contributed by atoms with Crippen LogP contribution in [-0.4, -0.2) is 17.0 Å². The summed E-state index contributed by atoms with van der Waals surface area (Å²) in [5.74, 6) is 0. The lowest BCUT2D eigenvalue weighted by atomic mass is 10.3. The predicted molar refractivity (Wildman–Crippen MR) is 74.1 cm³/mol. The molecule has 1 N–H and O–H groups in total. The highest BCUT2D eigenvalue weighted by Gasteiger charge is 2.18. The van der Waals surface area contributed by atoms with Crippen molar-refractivity contribution in [3.05, 3.63) is 28.2 Å². The third kappa shape index (κ3) is 2.65. The Morgan fingerprint density at radius 2 is 2.31 bits per heavy atom. The first kappa shape index (κ1) is 12.1. The van der Waals surface area contributed by atoms with E-state index in [0.29, 0.717) is 15.3 Å². The van der Waals surface area contributed by atoms with Crippen molar-refractivity contribution in [2.45, 2.75) is 18.6 Å². The molecule has 0 spiro atoms. The van der Waals surface area contributed by atoms with Gasteiger partial charge in [0.2, 0.25) is 0 Å². The van der Waals surface area contributed by atoms with Crippen LogP contribution < -0.4 is 5.32 Å². The van der Waals surface area contributed by atoms with Gasteiger partial charge in [-0.1, -0.05) is 48.0 Å². The van der Waals surface area contributed by atoms with Gasteiger partial charge in [-0.25, -0.2) is 0 Å². The summed E-state index contributed by atoms with van der Waals surface area (Å²) in [5.41, 5.74) is 0.817. The average molecular weight is 275 g/mol. The summed E-state index contributed by atoms with van der Waals surface area (Å²) >= 11 is 13.8. The molecular formula is C11H12Cl2N2S. The second kappa shape index (κ2) is 5.30. The molecule has 1 aliphatic rings. The largest absolute Gasteiger partial charge is 0.334 e. The van der Waals surface area contributed by atoms with Crippen molar-refractivity contribution >= 4 is 45.8 Å². The molecule has 86 valence electrons. The molecule has 1 aliphatic heterocycles. The molecule has 2 rings (SSSR count). The maximum Gasteiger partial charge on any atom is 0.161 e. The van der Waals surface area contributed by atoms with E-state index >= 15 is 0 Å². The molecule has 2 nitrogen and oxygen atoms in total. The number of aliphatic imine (C=N–C) groups is 1. The molecule has 1 unspecified atom stereocenters. The number of nitrogens with one attached hydrogen (secondary N) is 1. The summed E-state index contributed by atoms with van der Waals surface area (Å²) in [6, 6.07) is 5.54. The van der Waals surface area contributed by atoms with Crippen molar-refractivity contribution in [2.24, 2.45) is 4.99 Å². The summed E-state index contributed by atoms with van der Waals surface area (Å²) in [6.45, 7) is 3.05. The first-order valence-electron chi connectivity index (χ1n) is 5.13. The van der Waals surface area contributed by atoms with Crippen LogP contribution in [0.5, 0.6) is 0 Å². The third-order valence-corrected chi connectivity index (χ3v) is 4.45. The van der Waals surface area contributed by atoms with Gasteiger partial charge in [0.1, 0.15) is 0 Å². The summed E-state index contributed by atoms with van der Waals surface area (Å²) in [5, 5.41) is 5.83. The zero-order chi connectivity index (χ0) is 11.5. The van der Waals surface area contributed by atoms with E-state index in [0.717, 1.165) is 23.8 Å². The highest BCUT2D eigenvalue weighted by molar-refractivity contribution is 8.15. The van der Waals surface area contributed by atoms with Crippen LogP contribution in [0.2, 0.25) is 10.0 Å². The Morgan fingerprint density at radius 1 is 1.50 bits per heavy atom. The van der Waals surface area contributed by atoms with Crippen molar-refractivity contribution in [3.63, 3.8) is 0 Å². The van der Waals surface area contributed by atoms with Crippen molar-refractivity contribution in [1.82, 2.24) is 0 Å². The van der Waals surface area contributed by atoms with Gasteiger partial charge >= 0.3 is 0 Å². The van der Waals surface area contributed by atoms with Crippen LogP contribution in [0.4, 0.5) is 5.69 Å². The van der Waals surface area contributed by atoms with Gasteiger partial charge in [0.25, 0.3) is 0 Å². The van der Waals surface area contributed by atoms with E-state index < -0.39 is 0 Å². The number of hydrogen-bond acceptors (Lipinski definition) is 3. The van der Waals surface area contributed by atoms with E-state index in [2.05, 4.69) is 17.2 Å². The molecular weight excluding hydrogens is 263 g/mol. The van der Waals surface area contributed by atoms with E-state index in [1.54, 1.807) is 17.8 Å². The summed E-state index contributed by atoms with van der Waals surface area (Å²) in [6.07, 6.45) is 1.13. The Morgan fingerprint density at radius 3 is 3.00 bits per heavy atom. The highest BCUT2D eigenvalue weighted by Crippen LogP contribution is 2.32. The van der Waals surface area contributed by atoms with Crippen LogP contribution in [0.15, 0.2) is 23.2 Å². The summed E-state index contributed by atoms with van der Waals surface area (Å²) in [4.78, 5) is 4.42. The van der Waals surface area contributed by atoms with Crippen molar-refractivity contribution < 1.29 is 0 Å². The molecule has 0 amide bonds. The number of hydrogen-bond donors (Lipinski definition) is 1. The molecule has 1 heterocycles. The fraction of sp³-hybridized carbons (Fsp3) is 0.364. The van der Waals surface area contributed by atoms with Crippen LogP contribution in [0.1, 0.15) is 13.3 Å². The Bertz CT molecular complexity index is 420. The van der Waals surface area contributed by atoms with Crippen LogP contribution in [0, 0.1) is 0 Å². The molecule has 1 atom stereocenters. The highest BCUT2D eigenvalue weighted by atomic mass is 35.5. The number of amidine groups is 1. The van der Waals surface area contributed by atoms with Gasteiger partial charge in [-0.2, -0.15) is 0 Å². The second-order valence-corrected chi connectivity index (χ2v) is 5.59. The lowest BCUT2D eigenvalue weighted by molar-refractivity contribution is 0.843. The number of halogens is 2. The number of benzene rings is 1. The first-order valence-corrected chi connectivity index (χ1v) is 6.76. The van der Waals surface area contributed by atoms with Gasteiger partial charge in [0.05, 0.1) is 22.3 Å². The van der Waals surface area contributed by atoms with Crippen molar-refractivity contribution in [3.8, 4) is 0 Å². The normalized spacial score (nSPS) is 19.7. The molecule has 0 aliphatic carbocycles. The SMILES string of the molecule is CCC1CN=C(Nc2cccc(Cl)c2Cl)S1. The minimum absolute atomic E-state index is 0.549. The second-order valence-electron chi connectivity index (χ2n) is 3.52. The fourth-order valence-corrected chi connectivity index (χ4v) is 2.71. The van der Waals surface area contributed by atoms with Gasteiger partial charge in [-0.3, -0.25) is 4.99 Å². The predicted octanol–water partition coefficient (Wildman–Crippen LogP) is 4.29. The van der Waals surface area contributed by atoms with E-state index in [4.69, 9.17) is 23.2 Å². The zero-order valence-electron chi connectivity index (χ0n) is 8.84. The molecule has 0 saturated heterocycles. The van der Waals surface area contributed by atoms with Gasteiger partial charge in [0, 0.05) is 5.25 Å². The molecule has 0 aromatic heterocycles. The Labute approximate surface area is 109 Å². The smallest absolute Gasteiger partial charge is 0.161 e. The lowest BCUT2D eigenvalue weighted by Crippen LogP contribution is -2.07. The molecule has 0 radical (unpaired) electrons. The summed E-state index contributed by atoms with van der Waals surface area (Å²) < 4.78 is 0. The fourth-order valence-electron chi connectivity index (χ4n) is 1.41. The molecule has 0 bridgehead atoms. The molecule has 1 aromatic carbocycles. The van der Waals surface area contributed by atoms with Crippen LogP contribution in [0.3, 0.4) is 0 Å². The topological polar surface area (TPSA) is 24.4 Å². The molecule has 0 fully saturated rings. The maximum absolute atomic E-state index is 6.08. The van der Waals surface area contributed by atoms with E-state index in [1.165, 1.54) is 0 Å². The van der Waals surface area contributed by atoms with Crippen molar-refractivity contribution in [2.75, 3.05) is 11.9 Å². The molecule has 0 saturated carbocycles.